The van der Waals surface area contributed by atoms with Crippen molar-refractivity contribution in [3.05, 3.63) is 46.2 Å². The van der Waals surface area contributed by atoms with Gasteiger partial charge in [-0.1, -0.05) is 11.6 Å². The second-order valence-electron chi connectivity index (χ2n) is 7.44. The van der Waals surface area contributed by atoms with Crippen LogP contribution in [-0.4, -0.2) is 58.2 Å². The van der Waals surface area contributed by atoms with Crippen molar-refractivity contribution in [1.29, 1.82) is 0 Å². The molecule has 1 aliphatic carbocycles. The third-order valence-corrected chi connectivity index (χ3v) is 5.62. The fourth-order valence-corrected chi connectivity index (χ4v) is 3.85. The lowest BCUT2D eigenvalue weighted by atomic mass is 9.87. The molecule has 1 unspecified atom stereocenters. The van der Waals surface area contributed by atoms with E-state index in [2.05, 4.69) is 15.1 Å². The second-order valence-corrected chi connectivity index (χ2v) is 7.85. The van der Waals surface area contributed by atoms with Crippen LogP contribution < -0.4 is 0 Å². The maximum Gasteiger partial charge on any atom is 0.225 e. The Bertz CT molecular complexity index is 792. The van der Waals surface area contributed by atoms with Crippen molar-refractivity contribution in [3.8, 4) is 5.75 Å². The van der Waals surface area contributed by atoms with Crippen molar-refractivity contribution < 1.29 is 9.90 Å². The Morgan fingerprint density at radius 3 is 3.00 bits per heavy atom. The molecule has 2 N–H and O–H groups in total. The number of fused-ring (bicyclic) bond motifs is 1. The number of phenols is 1. The van der Waals surface area contributed by atoms with Gasteiger partial charge in [-0.15, -0.1) is 0 Å². The SMILES string of the molecule is CN(CCCN(C)C(=O)C1CCc2cn[nH]c2C1)Cc1cc(O)ccc1Cl. The zero-order valence-electron chi connectivity index (χ0n) is 15.9. The molecular weight excluding hydrogens is 364 g/mol. The van der Waals surface area contributed by atoms with E-state index in [9.17, 15) is 9.90 Å². The minimum Gasteiger partial charge on any atom is -0.508 e. The lowest BCUT2D eigenvalue weighted by molar-refractivity contribution is -0.134. The molecule has 1 atom stereocenters. The molecule has 0 spiro atoms. The average Bonchev–Trinajstić information content (AvgIpc) is 3.11. The van der Waals surface area contributed by atoms with Gasteiger partial charge in [0.1, 0.15) is 5.75 Å². The van der Waals surface area contributed by atoms with Crippen LogP contribution in [0.15, 0.2) is 24.4 Å². The first-order valence-electron chi connectivity index (χ1n) is 9.36. The van der Waals surface area contributed by atoms with Crippen LogP contribution in [0.25, 0.3) is 0 Å². The van der Waals surface area contributed by atoms with Gasteiger partial charge in [-0.05, 0) is 62.2 Å². The number of rotatable bonds is 7. The van der Waals surface area contributed by atoms with Crippen molar-refractivity contribution in [2.45, 2.75) is 32.2 Å². The fourth-order valence-electron chi connectivity index (χ4n) is 3.67. The van der Waals surface area contributed by atoms with Gasteiger partial charge in [-0.25, -0.2) is 0 Å². The number of phenolic OH excluding ortho intramolecular Hbond substituents is 1. The van der Waals surface area contributed by atoms with Gasteiger partial charge in [0.15, 0.2) is 0 Å². The minimum atomic E-state index is 0.0479. The second kappa shape index (κ2) is 8.76. The van der Waals surface area contributed by atoms with E-state index >= 15 is 0 Å². The number of aromatic nitrogens is 2. The number of amides is 1. The number of halogens is 1. The monoisotopic (exact) mass is 390 g/mol. The molecule has 2 aromatic rings. The molecule has 3 rings (SSSR count). The zero-order chi connectivity index (χ0) is 19.4. The number of carbonyl (C=O) groups excluding carboxylic acids is 1. The van der Waals surface area contributed by atoms with Gasteiger partial charge < -0.3 is 14.9 Å². The summed E-state index contributed by atoms with van der Waals surface area (Å²) in [6.45, 7) is 2.23. The molecule has 27 heavy (non-hydrogen) atoms. The molecule has 1 aromatic heterocycles. The van der Waals surface area contributed by atoms with E-state index in [1.54, 1.807) is 18.2 Å². The molecule has 0 aliphatic heterocycles. The van der Waals surface area contributed by atoms with E-state index in [4.69, 9.17) is 11.6 Å². The molecule has 1 amide bonds. The molecule has 0 bridgehead atoms. The predicted molar refractivity (Wildman–Crippen MR) is 106 cm³/mol. The van der Waals surface area contributed by atoms with Crippen molar-refractivity contribution >= 4 is 17.5 Å². The first kappa shape index (κ1) is 19.7. The van der Waals surface area contributed by atoms with E-state index in [-0.39, 0.29) is 17.6 Å². The Kier molecular flexibility index (Phi) is 6.39. The Hall–Kier alpha value is -2.05. The number of carbonyl (C=O) groups is 1. The highest BCUT2D eigenvalue weighted by molar-refractivity contribution is 6.31. The van der Waals surface area contributed by atoms with Crippen LogP contribution in [0, 0.1) is 5.92 Å². The number of nitrogens with one attached hydrogen (secondary N) is 1. The van der Waals surface area contributed by atoms with Crippen molar-refractivity contribution in [3.63, 3.8) is 0 Å². The summed E-state index contributed by atoms with van der Waals surface area (Å²) >= 11 is 6.18. The van der Waals surface area contributed by atoms with E-state index in [0.29, 0.717) is 11.6 Å². The molecule has 6 nitrogen and oxygen atoms in total. The number of aromatic amines is 1. The highest BCUT2D eigenvalue weighted by atomic mass is 35.5. The van der Waals surface area contributed by atoms with Crippen LogP contribution in [0.3, 0.4) is 0 Å². The number of H-pyrrole nitrogens is 1. The molecule has 1 aliphatic rings. The number of nitrogens with zero attached hydrogens (tertiary/aromatic N) is 3. The van der Waals surface area contributed by atoms with Crippen molar-refractivity contribution in [2.75, 3.05) is 27.2 Å². The van der Waals surface area contributed by atoms with Gasteiger partial charge in [-0.3, -0.25) is 9.89 Å². The maximum atomic E-state index is 12.7. The predicted octanol–water partition coefficient (Wildman–Crippen LogP) is 2.85. The molecule has 0 fully saturated rings. The molecule has 7 heteroatoms. The normalized spacial score (nSPS) is 16.4. The molecule has 0 radical (unpaired) electrons. The van der Waals surface area contributed by atoms with E-state index in [0.717, 1.165) is 50.0 Å². The lowest BCUT2D eigenvalue weighted by Gasteiger charge is -2.27. The lowest BCUT2D eigenvalue weighted by Crippen LogP contribution is -2.37. The van der Waals surface area contributed by atoms with E-state index in [1.807, 2.05) is 25.2 Å². The van der Waals surface area contributed by atoms with Gasteiger partial charge in [-0.2, -0.15) is 5.10 Å². The van der Waals surface area contributed by atoms with Gasteiger partial charge in [0, 0.05) is 43.2 Å². The summed E-state index contributed by atoms with van der Waals surface area (Å²) < 4.78 is 0. The van der Waals surface area contributed by atoms with Crippen molar-refractivity contribution in [2.24, 2.45) is 5.92 Å². The summed E-state index contributed by atoms with van der Waals surface area (Å²) in [5.41, 5.74) is 3.26. The molecule has 0 saturated heterocycles. The molecule has 1 aromatic carbocycles. The van der Waals surface area contributed by atoms with Crippen LogP contribution >= 0.6 is 11.6 Å². The Morgan fingerprint density at radius 2 is 2.19 bits per heavy atom. The Labute approximate surface area is 165 Å². The number of aryl methyl sites for hydroxylation is 1. The third kappa shape index (κ3) is 5.02. The van der Waals surface area contributed by atoms with Crippen LogP contribution in [-0.2, 0) is 24.2 Å². The average molecular weight is 391 g/mol. The summed E-state index contributed by atoms with van der Waals surface area (Å²) in [5.74, 6) is 0.488. The highest BCUT2D eigenvalue weighted by Crippen LogP contribution is 2.25. The topological polar surface area (TPSA) is 72.5 Å². The van der Waals surface area contributed by atoms with E-state index in [1.165, 1.54) is 5.56 Å². The highest BCUT2D eigenvalue weighted by Gasteiger charge is 2.27. The van der Waals surface area contributed by atoms with Crippen LogP contribution in [0.2, 0.25) is 5.02 Å². The molecule has 1 heterocycles. The van der Waals surface area contributed by atoms with Crippen LogP contribution in [0.4, 0.5) is 0 Å². The summed E-state index contributed by atoms with van der Waals surface area (Å²) in [7, 11) is 3.90. The van der Waals surface area contributed by atoms with Gasteiger partial charge in [0.25, 0.3) is 0 Å². The van der Waals surface area contributed by atoms with Crippen LogP contribution in [0.5, 0.6) is 5.75 Å². The standard InChI is InChI=1S/C20H27ClN4O2/c1-24(13-16-10-17(26)6-7-18(16)21)8-3-9-25(2)20(27)14-4-5-15-12-22-23-19(15)11-14/h6-7,10,12,14,26H,3-5,8-9,11,13H2,1-2H3,(H,22,23). The summed E-state index contributed by atoms with van der Waals surface area (Å²) in [6.07, 6.45) is 5.33. The number of hydrogen-bond donors (Lipinski definition) is 2. The number of hydrogen-bond acceptors (Lipinski definition) is 4. The number of benzene rings is 1. The Morgan fingerprint density at radius 1 is 1.37 bits per heavy atom. The summed E-state index contributed by atoms with van der Waals surface area (Å²) in [5, 5.41) is 17.4. The van der Waals surface area contributed by atoms with Crippen molar-refractivity contribution in [1.82, 2.24) is 20.0 Å². The molecule has 146 valence electrons. The first-order valence-corrected chi connectivity index (χ1v) is 9.74. The Balaban J connectivity index is 1.43. The van der Waals surface area contributed by atoms with Gasteiger partial charge >= 0.3 is 0 Å². The van der Waals surface area contributed by atoms with E-state index < -0.39 is 0 Å². The summed E-state index contributed by atoms with van der Waals surface area (Å²) in [4.78, 5) is 16.7. The van der Waals surface area contributed by atoms with Gasteiger partial charge in [0.05, 0.1) is 6.20 Å². The minimum absolute atomic E-state index is 0.0479. The van der Waals surface area contributed by atoms with Gasteiger partial charge in [0.2, 0.25) is 5.91 Å². The largest absolute Gasteiger partial charge is 0.508 e. The van der Waals surface area contributed by atoms with Crippen LogP contribution in [0.1, 0.15) is 29.7 Å². The fraction of sp³-hybridized carbons (Fsp3) is 0.500. The smallest absolute Gasteiger partial charge is 0.225 e. The maximum absolute atomic E-state index is 12.7. The third-order valence-electron chi connectivity index (χ3n) is 5.25. The zero-order valence-corrected chi connectivity index (χ0v) is 16.7. The summed E-state index contributed by atoms with van der Waals surface area (Å²) in [6, 6.07) is 4.99. The number of aromatic hydroxyl groups is 1. The quantitative estimate of drug-likeness (QED) is 0.762. The first-order chi connectivity index (χ1) is 12.9. The molecule has 0 saturated carbocycles. The molecular formula is C20H27ClN4O2.